The highest BCUT2D eigenvalue weighted by atomic mass is 16.3. The third kappa shape index (κ3) is 4.97. The van der Waals surface area contributed by atoms with Crippen LogP contribution in [0, 0.1) is 0 Å². The van der Waals surface area contributed by atoms with Crippen molar-refractivity contribution in [2.75, 3.05) is 4.90 Å². The first-order chi connectivity index (χ1) is 33.8. The minimum absolute atomic E-state index is 0.487. The third-order valence-corrected chi connectivity index (χ3v) is 14.9. The van der Waals surface area contributed by atoms with Gasteiger partial charge in [-0.25, -0.2) is 0 Å². The summed E-state index contributed by atoms with van der Waals surface area (Å²) < 4.78 is 13.4. The fourth-order valence-electron chi connectivity index (χ4n) is 12.2. The van der Waals surface area contributed by atoms with E-state index in [1.165, 1.54) is 44.5 Å². The Hall–Kier alpha value is -8.92. The lowest BCUT2D eigenvalue weighted by atomic mass is 9.70. The highest BCUT2D eigenvalue weighted by Gasteiger charge is 2.52. The van der Waals surface area contributed by atoms with Crippen LogP contribution in [-0.2, 0) is 5.41 Å². The molecule has 0 atom stereocenters. The molecule has 2 aliphatic carbocycles. The average Bonchev–Trinajstić information content (AvgIpc) is 4.15. The van der Waals surface area contributed by atoms with Gasteiger partial charge in [0.05, 0.1) is 16.8 Å². The Morgan fingerprint density at radius 2 is 0.853 bits per heavy atom. The van der Waals surface area contributed by atoms with E-state index in [0.29, 0.717) is 0 Å². The standard InChI is InChI=1S/C65H39NO2/c1-2-17-44-40(16-1)36-39-50-49-25-13-24-48(64(49)68-63(44)50)47-20-6-11-30-57(47)66(42-37-34-41(35-38-42)43-23-14-33-60-61(43)52-22-7-12-32-59(52)67-60)58-31-15-29-56-62(58)51-21-5-10-28-55(51)65(56)53-26-8-3-18-45(53)46-19-4-9-27-54(46)65/h1-39H. The molecule has 13 aromatic rings. The number of hydrogen-bond donors (Lipinski definition) is 0. The number of fused-ring (bicyclic) bond motifs is 18. The van der Waals surface area contributed by atoms with Crippen LogP contribution in [0.1, 0.15) is 22.3 Å². The second kappa shape index (κ2) is 14.0. The first-order valence-electron chi connectivity index (χ1n) is 23.4. The molecular weight excluding hydrogens is 827 g/mol. The van der Waals surface area contributed by atoms with Crippen molar-refractivity contribution in [2.24, 2.45) is 0 Å². The summed E-state index contributed by atoms with van der Waals surface area (Å²) in [7, 11) is 0. The van der Waals surface area contributed by atoms with Crippen LogP contribution in [0.4, 0.5) is 17.1 Å². The Bertz CT molecular complexity index is 4180. The van der Waals surface area contributed by atoms with Crippen molar-refractivity contribution in [1.82, 2.24) is 0 Å². The van der Waals surface area contributed by atoms with E-state index in [-0.39, 0.29) is 0 Å². The van der Waals surface area contributed by atoms with E-state index in [1.807, 2.05) is 6.07 Å². The van der Waals surface area contributed by atoms with Gasteiger partial charge in [-0.1, -0.05) is 194 Å². The molecule has 15 rings (SSSR count). The summed E-state index contributed by atoms with van der Waals surface area (Å²) in [6, 6.07) is 86.3. The van der Waals surface area contributed by atoms with Crippen LogP contribution in [0.15, 0.2) is 245 Å². The molecule has 3 nitrogen and oxygen atoms in total. The van der Waals surface area contributed by atoms with Gasteiger partial charge in [-0.2, -0.15) is 0 Å². The molecular formula is C65H39NO2. The van der Waals surface area contributed by atoms with E-state index in [0.717, 1.165) is 94.0 Å². The van der Waals surface area contributed by atoms with Crippen molar-refractivity contribution in [3.63, 3.8) is 0 Å². The molecule has 11 aromatic carbocycles. The van der Waals surface area contributed by atoms with Gasteiger partial charge in [0.25, 0.3) is 0 Å². The molecule has 3 heteroatoms. The van der Waals surface area contributed by atoms with Crippen molar-refractivity contribution in [1.29, 1.82) is 0 Å². The summed E-state index contributed by atoms with van der Waals surface area (Å²) in [6.07, 6.45) is 0. The van der Waals surface area contributed by atoms with Crippen molar-refractivity contribution >= 4 is 71.7 Å². The van der Waals surface area contributed by atoms with Gasteiger partial charge in [0.2, 0.25) is 0 Å². The monoisotopic (exact) mass is 865 g/mol. The zero-order chi connectivity index (χ0) is 44.5. The SMILES string of the molecule is c1ccc(N(c2ccc(-c3cccc4oc5ccccc5c34)cc2)c2cccc3c2-c2ccccc2C32c3ccccc3-c3ccccc32)c(-c2cccc3c2oc2c4ccccc4ccc32)c1. The summed E-state index contributed by atoms with van der Waals surface area (Å²) in [5, 5.41) is 6.74. The molecule has 0 fully saturated rings. The highest BCUT2D eigenvalue weighted by Crippen LogP contribution is 2.65. The molecule has 2 aliphatic rings. The quantitative estimate of drug-likeness (QED) is 0.173. The summed E-state index contributed by atoms with van der Waals surface area (Å²) in [6.45, 7) is 0. The van der Waals surface area contributed by atoms with Crippen LogP contribution < -0.4 is 4.90 Å². The van der Waals surface area contributed by atoms with Crippen LogP contribution >= 0.6 is 0 Å². The Morgan fingerprint density at radius 1 is 0.309 bits per heavy atom. The lowest BCUT2D eigenvalue weighted by molar-refractivity contribution is 0.669. The van der Waals surface area contributed by atoms with E-state index in [9.17, 15) is 0 Å². The van der Waals surface area contributed by atoms with E-state index in [4.69, 9.17) is 8.83 Å². The fraction of sp³-hybridized carbons (Fsp3) is 0.0154. The molecule has 0 saturated heterocycles. The molecule has 2 aromatic heterocycles. The van der Waals surface area contributed by atoms with Gasteiger partial charge in [-0.3, -0.25) is 0 Å². The predicted octanol–water partition coefficient (Wildman–Crippen LogP) is 17.8. The Kier molecular flexibility index (Phi) is 7.71. The number of furan rings is 2. The zero-order valence-corrected chi connectivity index (χ0v) is 36.8. The van der Waals surface area contributed by atoms with Crippen LogP contribution in [-0.4, -0.2) is 0 Å². The summed E-state index contributed by atoms with van der Waals surface area (Å²) in [5.74, 6) is 0. The largest absolute Gasteiger partial charge is 0.456 e. The van der Waals surface area contributed by atoms with Gasteiger partial charge >= 0.3 is 0 Å². The number of anilines is 3. The van der Waals surface area contributed by atoms with Gasteiger partial charge in [0.1, 0.15) is 22.3 Å². The molecule has 0 saturated carbocycles. The number of benzene rings is 11. The second-order valence-electron chi connectivity index (χ2n) is 18.2. The molecule has 68 heavy (non-hydrogen) atoms. The predicted molar refractivity (Wildman–Crippen MR) is 280 cm³/mol. The van der Waals surface area contributed by atoms with Crippen LogP contribution in [0.25, 0.3) is 99.2 Å². The Labute approximate surface area is 392 Å². The van der Waals surface area contributed by atoms with E-state index < -0.39 is 5.41 Å². The van der Waals surface area contributed by atoms with Crippen LogP contribution in [0.3, 0.4) is 0 Å². The van der Waals surface area contributed by atoms with Crippen molar-refractivity contribution in [3.05, 3.63) is 259 Å². The number of rotatable bonds is 5. The fourth-order valence-corrected chi connectivity index (χ4v) is 12.2. The third-order valence-electron chi connectivity index (χ3n) is 14.9. The van der Waals surface area contributed by atoms with Crippen molar-refractivity contribution < 1.29 is 8.83 Å². The first kappa shape index (κ1) is 37.3. The van der Waals surface area contributed by atoms with Crippen molar-refractivity contribution in [3.8, 4) is 44.5 Å². The number of hydrogen-bond acceptors (Lipinski definition) is 3. The van der Waals surface area contributed by atoms with Gasteiger partial charge in [-0.05, 0) is 97.9 Å². The molecule has 0 aliphatic heterocycles. The van der Waals surface area contributed by atoms with Crippen LogP contribution in [0.2, 0.25) is 0 Å². The lowest BCUT2D eigenvalue weighted by Gasteiger charge is -2.32. The van der Waals surface area contributed by atoms with E-state index in [2.05, 4.69) is 235 Å². The molecule has 0 amide bonds. The van der Waals surface area contributed by atoms with Gasteiger partial charge in [0.15, 0.2) is 0 Å². The van der Waals surface area contributed by atoms with Gasteiger partial charge < -0.3 is 13.7 Å². The maximum Gasteiger partial charge on any atom is 0.143 e. The zero-order valence-electron chi connectivity index (χ0n) is 36.8. The molecule has 0 N–H and O–H groups in total. The number of nitrogens with zero attached hydrogens (tertiary/aromatic N) is 1. The smallest absolute Gasteiger partial charge is 0.143 e. The highest BCUT2D eigenvalue weighted by molar-refractivity contribution is 6.18. The van der Waals surface area contributed by atoms with Crippen LogP contribution in [0.5, 0.6) is 0 Å². The normalized spacial score (nSPS) is 13.1. The number of para-hydroxylation sites is 3. The molecule has 1 spiro atoms. The van der Waals surface area contributed by atoms with E-state index >= 15 is 0 Å². The molecule has 2 heterocycles. The summed E-state index contributed by atoms with van der Waals surface area (Å²) >= 11 is 0. The molecule has 0 bridgehead atoms. The second-order valence-corrected chi connectivity index (χ2v) is 18.2. The minimum atomic E-state index is -0.487. The molecule has 0 radical (unpaired) electrons. The average molecular weight is 866 g/mol. The Morgan fingerprint density at radius 3 is 1.66 bits per heavy atom. The lowest BCUT2D eigenvalue weighted by Crippen LogP contribution is -2.26. The first-order valence-corrected chi connectivity index (χ1v) is 23.4. The van der Waals surface area contributed by atoms with Gasteiger partial charge in [-0.15, -0.1) is 0 Å². The van der Waals surface area contributed by atoms with E-state index in [1.54, 1.807) is 0 Å². The van der Waals surface area contributed by atoms with Crippen molar-refractivity contribution in [2.45, 2.75) is 5.41 Å². The summed E-state index contributed by atoms with van der Waals surface area (Å²) in [4.78, 5) is 2.49. The molecule has 0 unspecified atom stereocenters. The maximum absolute atomic E-state index is 7.05. The molecule has 316 valence electrons. The maximum atomic E-state index is 7.05. The van der Waals surface area contributed by atoms with Gasteiger partial charge in [0, 0.05) is 49.3 Å². The topological polar surface area (TPSA) is 29.5 Å². The Balaban J connectivity index is 0.999. The summed E-state index contributed by atoms with van der Waals surface area (Å²) in [5.41, 5.74) is 21.0. The minimum Gasteiger partial charge on any atom is -0.456 e.